The minimum absolute atomic E-state index is 0.118. The molecule has 1 rings (SSSR count). The molecule has 1 heterocycles. The van der Waals surface area contributed by atoms with Crippen molar-refractivity contribution in [3.63, 3.8) is 0 Å². The third-order valence-corrected chi connectivity index (χ3v) is 1.12. The molecular weight excluding hydrogens is 154 g/mol. The van der Waals surface area contributed by atoms with E-state index in [-0.39, 0.29) is 6.67 Å². The van der Waals surface area contributed by atoms with Gasteiger partial charge < -0.3 is 0 Å². The maximum atomic E-state index is 7.93. The molecule has 0 spiro atoms. The van der Waals surface area contributed by atoms with Crippen LogP contribution in [0.4, 0.5) is 0 Å². The van der Waals surface area contributed by atoms with Crippen molar-refractivity contribution in [2.24, 2.45) is 10.1 Å². The second-order valence-corrected chi connectivity index (χ2v) is 1.94. The molecule has 5 nitrogen and oxygen atoms in total. The lowest BCUT2D eigenvalue weighted by molar-refractivity contribution is 1.05. The Morgan fingerprint density at radius 2 is 2.50 bits per heavy atom. The van der Waals surface area contributed by atoms with Crippen molar-refractivity contribution in [3.8, 4) is 0 Å². The van der Waals surface area contributed by atoms with E-state index in [2.05, 4.69) is 20.0 Å². The lowest BCUT2D eigenvalue weighted by atomic mass is 10.4. The number of pyridine rings is 1. The average molecular weight is 161 g/mol. The highest BCUT2D eigenvalue weighted by atomic mass is 15.2. The highest BCUT2D eigenvalue weighted by molar-refractivity contribution is 5.76. The molecule has 1 aromatic rings. The molecule has 0 atom stereocenters. The van der Waals surface area contributed by atoms with Gasteiger partial charge in [0.05, 0.1) is 5.69 Å². The quantitative estimate of drug-likeness (QED) is 0.288. The molecule has 0 aliphatic carbocycles. The Labute approximate surface area is 69.4 Å². The first-order valence-electron chi connectivity index (χ1n) is 3.35. The van der Waals surface area contributed by atoms with Crippen LogP contribution in [0.2, 0.25) is 0 Å². The Hall–Kier alpha value is -1.87. The van der Waals surface area contributed by atoms with Crippen LogP contribution in [0, 0.1) is 0 Å². The molecule has 60 valence electrons. The zero-order chi connectivity index (χ0) is 8.65. The summed E-state index contributed by atoms with van der Waals surface area (Å²) >= 11 is 0. The number of aliphatic imine (C=N–C) groups is 1. The first-order chi connectivity index (χ1) is 5.93. The summed E-state index contributed by atoms with van der Waals surface area (Å²) in [6.45, 7) is 0.118. The maximum Gasteiger partial charge on any atom is 0.118 e. The van der Waals surface area contributed by atoms with Gasteiger partial charge in [-0.1, -0.05) is 11.2 Å². The molecule has 0 N–H and O–H groups in total. The van der Waals surface area contributed by atoms with Gasteiger partial charge in [0, 0.05) is 17.3 Å². The largest absolute Gasteiger partial charge is 0.285 e. The molecule has 0 amide bonds. The van der Waals surface area contributed by atoms with Crippen molar-refractivity contribution < 1.29 is 0 Å². The van der Waals surface area contributed by atoms with Gasteiger partial charge in [0.25, 0.3) is 0 Å². The molecule has 0 saturated carbocycles. The summed E-state index contributed by atoms with van der Waals surface area (Å²) < 4.78 is 0. The average Bonchev–Trinajstić information content (AvgIpc) is 2.14. The van der Waals surface area contributed by atoms with Gasteiger partial charge in [-0.3, -0.25) is 9.98 Å². The van der Waals surface area contributed by atoms with E-state index in [4.69, 9.17) is 5.53 Å². The SMILES string of the molecule is [N-]=[N+]=NC/N=C/c1ccccn1. The van der Waals surface area contributed by atoms with Crippen LogP contribution in [-0.4, -0.2) is 17.9 Å². The second-order valence-electron chi connectivity index (χ2n) is 1.94. The summed E-state index contributed by atoms with van der Waals surface area (Å²) in [7, 11) is 0. The van der Waals surface area contributed by atoms with Gasteiger partial charge >= 0.3 is 0 Å². The van der Waals surface area contributed by atoms with Gasteiger partial charge in [-0.25, -0.2) is 0 Å². The molecule has 0 bridgehead atoms. The Kier molecular flexibility index (Phi) is 3.34. The third-order valence-electron chi connectivity index (χ3n) is 1.12. The number of hydrogen-bond donors (Lipinski definition) is 0. The van der Waals surface area contributed by atoms with Crippen LogP contribution >= 0.6 is 0 Å². The molecule has 0 saturated heterocycles. The van der Waals surface area contributed by atoms with Gasteiger partial charge in [-0.15, -0.1) is 0 Å². The van der Waals surface area contributed by atoms with Crippen LogP contribution < -0.4 is 0 Å². The van der Waals surface area contributed by atoms with E-state index in [1.54, 1.807) is 12.4 Å². The fraction of sp³-hybridized carbons (Fsp3) is 0.143. The van der Waals surface area contributed by atoms with Crippen LogP contribution in [0.5, 0.6) is 0 Å². The predicted molar refractivity (Wildman–Crippen MR) is 45.8 cm³/mol. The molecule has 0 fully saturated rings. The van der Waals surface area contributed by atoms with Gasteiger partial charge in [0.2, 0.25) is 0 Å². The third kappa shape index (κ3) is 2.81. The molecular formula is C7H7N5. The Balaban J connectivity index is 2.52. The van der Waals surface area contributed by atoms with Gasteiger partial charge in [0.15, 0.2) is 0 Å². The van der Waals surface area contributed by atoms with E-state index in [1.807, 2.05) is 18.2 Å². The van der Waals surface area contributed by atoms with E-state index in [0.29, 0.717) is 0 Å². The van der Waals surface area contributed by atoms with Gasteiger partial charge in [0.1, 0.15) is 6.67 Å². The molecule has 0 aromatic carbocycles. The number of nitrogens with zero attached hydrogens (tertiary/aromatic N) is 5. The zero-order valence-electron chi connectivity index (χ0n) is 6.33. The van der Waals surface area contributed by atoms with Crippen LogP contribution in [-0.2, 0) is 0 Å². The van der Waals surface area contributed by atoms with Gasteiger partial charge in [-0.05, 0) is 17.7 Å². The van der Waals surface area contributed by atoms with Crippen LogP contribution in [0.25, 0.3) is 10.4 Å². The van der Waals surface area contributed by atoms with Crippen LogP contribution in [0.15, 0.2) is 34.5 Å². The summed E-state index contributed by atoms with van der Waals surface area (Å²) in [4.78, 5) is 10.4. The Morgan fingerprint density at radius 1 is 1.58 bits per heavy atom. The number of rotatable bonds is 3. The maximum absolute atomic E-state index is 7.93. The predicted octanol–water partition coefficient (Wildman–Crippen LogP) is 1.77. The monoisotopic (exact) mass is 161 g/mol. The lowest BCUT2D eigenvalue weighted by Crippen LogP contribution is -1.85. The summed E-state index contributed by atoms with van der Waals surface area (Å²) in [6, 6.07) is 5.51. The van der Waals surface area contributed by atoms with Crippen molar-refractivity contribution in [2.45, 2.75) is 0 Å². The van der Waals surface area contributed by atoms with E-state index in [0.717, 1.165) is 5.69 Å². The molecule has 0 aliphatic rings. The molecule has 5 heteroatoms. The summed E-state index contributed by atoms with van der Waals surface area (Å²) in [5, 5.41) is 3.24. The summed E-state index contributed by atoms with van der Waals surface area (Å²) in [5.41, 5.74) is 8.69. The minimum atomic E-state index is 0.118. The van der Waals surface area contributed by atoms with E-state index in [1.165, 1.54) is 0 Å². The van der Waals surface area contributed by atoms with Crippen LogP contribution in [0.3, 0.4) is 0 Å². The van der Waals surface area contributed by atoms with Crippen molar-refractivity contribution >= 4 is 6.21 Å². The molecule has 12 heavy (non-hydrogen) atoms. The van der Waals surface area contributed by atoms with E-state index >= 15 is 0 Å². The standard InChI is InChI=1S/C7H7N5/c8-12-11-6-9-5-7-3-1-2-4-10-7/h1-5H,6H2/b9-5+. The topological polar surface area (TPSA) is 74.0 Å². The lowest BCUT2D eigenvalue weighted by Gasteiger charge is -1.87. The molecule has 0 radical (unpaired) electrons. The first-order valence-corrected chi connectivity index (χ1v) is 3.35. The zero-order valence-corrected chi connectivity index (χ0v) is 6.33. The molecule has 0 aliphatic heterocycles. The molecule has 0 unspecified atom stereocenters. The van der Waals surface area contributed by atoms with Crippen LogP contribution in [0.1, 0.15) is 5.69 Å². The van der Waals surface area contributed by atoms with Crippen molar-refractivity contribution in [3.05, 3.63) is 40.5 Å². The fourth-order valence-corrected chi connectivity index (χ4v) is 0.651. The highest BCUT2D eigenvalue weighted by Crippen LogP contribution is 1.88. The van der Waals surface area contributed by atoms with E-state index in [9.17, 15) is 0 Å². The smallest absolute Gasteiger partial charge is 0.118 e. The number of aromatic nitrogens is 1. The number of azide groups is 1. The Bertz CT molecular complexity index is 299. The first kappa shape index (κ1) is 8.23. The number of hydrogen-bond acceptors (Lipinski definition) is 3. The molecule has 1 aromatic heterocycles. The Morgan fingerprint density at radius 3 is 3.17 bits per heavy atom. The normalized spacial score (nSPS) is 9.67. The van der Waals surface area contributed by atoms with Crippen molar-refractivity contribution in [1.82, 2.24) is 4.98 Å². The fourth-order valence-electron chi connectivity index (χ4n) is 0.651. The van der Waals surface area contributed by atoms with Gasteiger partial charge in [-0.2, -0.15) is 0 Å². The summed E-state index contributed by atoms with van der Waals surface area (Å²) in [6.07, 6.45) is 3.24. The minimum Gasteiger partial charge on any atom is -0.285 e. The van der Waals surface area contributed by atoms with Crippen molar-refractivity contribution in [2.75, 3.05) is 6.67 Å². The highest BCUT2D eigenvalue weighted by Gasteiger charge is 1.82. The summed E-state index contributed by atoms with van der Waals surface area (Å²) in [5.74, 6) is 0. The van der Waals surface area contributed by atoms with E-state index < -0.39 is 0 Å². The van der Waals surface area contributed by atoms with Crippen molar-refractivity contribution in [1.29, 1.82) is 0 Å². The second kappa shape index (κ2) is 4.87.